The number of amides is 2. The second kappa shape index (κ2) is 6.36. The first-order chi connectivity index (χ1) is 10.6. The minimum atomic E-state index is -0.373. The number of hydrogen-bond donors (Lipinski definition) is 1. The molecule has 1 N–H and O–H groups in total. The number of carbonyl (C=O) groups is 2. The Hall–Kier alpha value is -2.08. The zero-order chi connectivity index (χ0) is 15.5. The van der Waals surface area contributed by atoms with Gasteiger partial charge < -0.3 is 14.8 Å². The highest BCUT2D eigenvalue weighted by atomic mass is 16.6. The number of rotatable bonds is 4. The van der Waals surface area contributed by atoms with Crippen LogP contribution in [-0.2, 0) is 14.3 Å². The summed E-state index contributed by atoms with van der Waals surface area (Å²) in [5, 5.41) is 2.80. The van der Waals surface area contributed by atoms with E-state index in [1.807, 2.05) is 31.2 Å². The van der Waals surface area contributed by atoms with Gasteiger partial charge in [-0.15, -0.1) is 0 Å². The Balaban J connectivity index is 1.54. The first-order valence-electron chi connectivity index (χ1n) is 7.57. The molecule has 2 atom stereocenters. The fourth-order valence-electron chi connectivity index (χ4n) is 2.75. The number of anilines is 1. The van der Waals surface area contributed by atoms with Crippen molar-refractivity contribution in [3.63, 3.8) is 0 Å². The van der Waals surface area contributed by atoms with Crippen molar-refractivity contribution < 1.29 is 19.1 Å². The Morgan fingerprint density at radius 1 is 1.45 bits per heavy atom. The van der Waals surface area contributed by atoms with Gasteiger partial charge in [0.05, 0.1) is 13.1 Å². The Kier molecular flexibility index (Phi) is 4.29. The van der Waals surface area contributed by atoms with Crippen molar-refractivity contribution in [2.24, 2.45) is 0 Å². The van der Waals surface area contributed by atoms with Crippen molar-refractivity contribution in [1.82, 2.24) is 5.32 Å². The normalized spacial score (nSPS) is 24.4. The molecule has 2 aliphatic heterocycles. The second-order valence-corrected chi connectivity index (χ2v) is 5.70. The molecule has 118 valence electrons. The molecule has 0 aliphatic carbocycles. The van der Waals surface area contributed by atoms with Crippen molar-refractivity contribution >= 4 is 17.7 Å². The summed E-state index contributed by atoms with van der Waals surface area (Å²) in [5.41, 5.74) is 1.90. The van der Waals surface area contributed by atoms with Gasteiger partial charge in [-0.1, -0.05) is 12.1 Å². The largest absolute Gasteiger partial charge is 0.442 e. The Labute approximate surface area is 129 Å². The van der Waals surface area contributed by atoms with E-state index in [0.29, 0.717) is 19.7 Å². The number of aryl methyl sites for hydroxylation is 1. The predicted molar refractivity (Wildman–Crippen MR) is 80.8 cm³/mol. The van der Waals surface area contributed by atoms with Gasteiger partial charge in [-0.2, -0.15) is 0 Å². The number of nitrogens with one attached hydrogen (secondary N) is 1. The van der Waals surface area contributed by atoms with Gasteiger partial charge in [0.2, 0.25) is 5.91 Å². The molecule has 2 amide bonds. The van der Waals surface area contributed by atoms with Crippen LogP contribution in [0.1, 0.15) is 18.4 Å². The third-order valence-corrected chi connectivity index (χ3v) is 3.91. The minimum absolute atomic E-state index is 0.123. The lowest BCUT2D eigenvalue weighted by atomic mass is 10.2. The molecule has 6 heteroatoms. The van der Waals surface area contributed by atoms with Crippen LogP contribution in [0.25, 0.3) is 0 Å². The molecule has 0 saturated carbocycles. The maximum absolute atomic E-state index is 12.0. The SMILES string of the molecule is Cc1cccc(N2CC(CNC(=O)C3CCCO3)OC2=O)c1. The quantitative estimate of drug-likeness (QED) is 0.918. The molecule has 0 aromatic heterocycles. The van der Waals surface area contributed by atoms with Crippen molar-refractivity contribution in [2.75, 3.05) is 24.6 Å². The molecule has 3 rings (SSSR count). The summed E-state index contributed by atoms with van der Waals surface area (Å²) in [4.78, 5) is 25.4. The predicted octanol–water partition coefficient (Wildman–Crippen LogP) is 1.62. The molecule has 0 bridgehead atoms. The van der Waals surface area contributed by atoms with E-state index in [-0.39, 0.29) is 24.2 Å². The van der Waals surface area contributed by atoms with Crippen LogP contribution in [0.15, 0.2) is 24.3 Å². The highest BCUT2D eigenvalue weighted by molar-refractivity contribution is 5.90. The third-order valence-electron chi connectivity index (χ3n) is 3.91. The van der Waals surface area contributed by atoms with E-state index in [1.54, 1.807) is 4.90 Å². The summed E-state index contributed by atoms with van der Waals surface area (Å²) >= 11 is 0. The highest BCUT2D eigenvalue weighted by Gasteiger charge is 2.33. The van der Waals surface area contributed by atoms with Crippen LogP contribution in [0.2, 0.25) is 0 Å². The van der Waals surface area contributed by atoms with Crippen LogP contribution < -0.4 is 10.2 Å². The Morgan fingerprint density at radius 3 is 3.05 bits per heavy atom. The summed E-state index contributed by atoms with van der Waals surface area (Å²) in [7, 11) is 0. The fourth-order valence-corrected chi connectivity index (χ4v) is 2.75. The molecule has 2 unspecified atom stereocenters. The molecule has 1 aromatic carbocycles. The smallest absolute Gasteiger partial charge is 0.414 e. The number of ether oxygens (including phenoxy) is 2. The molecule has 0 radical (unpaired) electrons. The molecule has 22 heavy (non-hydrogen) atoms. The van der Waals surface area contributed by atoms with Crippen LogP contribution in [0, 0.1) is 6.92 Å². The molecule has 1 aromatic rings. The zero-order valence-electron chi connectivity index (χ0n) is 12.6. The molecular weight excluding hydrogens is 284 g/mol. The standard InChI is InChI=1S/C16H20N2O4/c1-11-4-2-5-12(8-11)18-10-13(22-16(18)20)9-17-15(19)14-6-3-7-21-14/h2,4-5,8,13-14H,3,6-7,9-10H2,1H3,(H,17,19). The average Bonchev–Trinajstić information content (AvgIpc) is 3.14. The number of nitrogens with zero attached hydrogens (tertiary/aromatic N) is 1. The summed E-state index contributed by atoms with van der Waals surface area (Å²) in [6.45, 7) is 3.36. The average molecular weight is 304 g/mol. The Morgan fingerprint density at radius 2 is 2.32 bits per heavy atom. The van der Waals surface area contributed by atoms with Crippen molar-refractivity contribution in [2.45, 2.75) is 32.0 Å². The van der Waals surface area contributed by atoms with Gasteiger partial charge in [0.15, 0.2) is 0 Å². The monoisotopic (exact) mass is 304 g/mol. The molecule has 2 fully saturated rings. The van der Waals surface area contributed by atoms with E-state index < -0.39 is 0 Å². The zero-order valence-corrected chi connectivity index (χ0v) is 12.6. The van der Waals surface area contributed by atoms with Crippen LogP contribution in [0.4, 0.5) is 10.5 Å². The van der Waals surface area contributed by atoms with Crippen LogP contribution >= 0.6 is 0 Å². The van der Waals surface area contributed by atoms with Gasteiger partial charge in [-0.25, -0.2) is 4.79 Å². The maximum atomic E-state index is 12.0. The number of carbonyl (C=O) groups excluding carboxylic acids is 2. The van der Waals surface area contributed by atoms with Crippen LogP contribution in [-0.4, -0.2) is 43.9 Å². The number of hydrogen-bond acceptors (Lipinski definition) is 4. The van der Waals surface area contributed by atoms with Gasteiger partial charge >= 0.3 is 6.09 Å². The molecular formula is C16H20N2O4. The molecule has 2 heterocycles. The number of cyclic esters (lactones) is 1. The first-order valence-corrected chi connectivity index (χ1v) is 7.57. The third kappa shape index (κ3) is 3.22. The summed E-state index contributed by atoms with van der Waals surface area (Å²) in [5.74, 6) is -0.123. The molecule has 6 nitrogen and oxygen atoms in total. The van der Waals surface area contributed by atoms with Gasteiger partial charge in [-0.05, 0) is 37.5 Å². The minimum Gasteiger partial charge on any atom is -0.442 e. The molecule has 0 spiro atoms. The van der Waals surface area contributed by atoms with E-state index in [9.17, 15) is 9.59 Å². The fraction of sp³-hybridized carbons (Fsp3) is 0.500. The van der Waals surface area contributed by atoms with Crippen molar-refractivity contribution in [3.05, 3.63) is 29.8 Å². The topological polar surface area (TPSA) is 67.9 Å². The second-order valence-electron chi connectivity index (χ2n) is 5.70. The van der Waals surface area contributed by atoms with E-state index >= 15 is 0 Å². The van der Waals surface area contributed by atoms with E-state index in [1.165, 1.54) is 0 Å². The first kappa shape index (κ1) is 14.8. The number of benzene rings is 1. The lowest BCUT2D eigenvalue weighted by Gasteiger charge is -2.14. The Bertz CT molecular complexity index is 569. The van der Waals surface area contributed by atoms with E-state index in [0.717, 1.165) is 24.1 Å². The van der Waals surface area contributed by atoms with Crippen molar-refractivity contribution in [1.29, 1.82) is 0 Å². The molecule has 2 saturated heterocycles. The van der Waals surface area contributed by atoms with Gasteiger partial charge in [0, 0.05) is 12.3 Å². The highest BCUT2D eigenvalue weighted by Crippen LogP contribution is 2.22. The van der Waals surface area contributed by atoms with Gasteiger partial charge in [0.25, 0.3) is 0 Å². The lowest BCUT2D eigenvalue weighted by molar-refractivity contribution is -0.130. The van der Waals surface area contributed by atoms with Gasteiger partial charge in [0.1, 0.15) is 12.2 Å². The summed E-state index contributed by atoms with van der Waals surface area (Å²) in [6.07, 6.45) is 0.605. The maximum Gasteiger partial charge on any atom is 0.414 e. The summed E-state index contributed by atoms with van der Waals surface area (Å²) < 4.78 is 10.6. The lowest BCUT2D eigenvalue weighted by Crippen LogP contribution is -2.40. The van der Waals surface area contributed by atoms with Crippen molar-refractivity contribution in [3.8, 4) is 0 Å². The molecule has 2 aliphatic rings. The van der Waals surface area contributed by atoms with E-state index in [2.05, 4.69) is 5.32 Å². The van der Waals surface area contributed by atoms with Crippen LogP contribution in [0.3, 0.4) is 0 Å². The summed E-state index contributed by atoms with van der Waals surface area (Å²) in [6, 6.07) is 7.70. The van der Waals surface area contributed by atoms with Gasteiger partial charge in [-0.3, -0.25) is 9.69 Å². The van der Waals surface area contributed by atoms with Crippen LogP contribution in [0.5, 0.6) is 0 Å². The van der Waals surface area contributed by atoms with E-state index in [4.69, 9.17) is 9.47 Å².